The van der Waals surface area contributed by atoms with Crippen molar-refractivity contribution in [3.63, 3.8) is 0 Å². The summed E-state index contributed by atoms with van der Waals surface area (Å²) in [6.07, 6.45) is 0. The molecule has 0 aromatic rings. The number of hydrogen-bond donors (Lipinski definition) is 1. The Labute approximate surface area is 89.6 Å². The SMILES string of the molecule is C1CO1.C1CO1.C1CO1.C=C(C)C(=O)O. The number of carboxylic acids is 1. The molecule has 0 aromatic heterocycles. The van der Waals surface area contributed by atoms with Gasteiger partial charge in [0.15, 0.2) is 0 Å². The fourth-order valence-electron chi connectivity index (χ4n) is 0. The fourth-order valence-corrected chi connectivity index (χ4v) is 0. The van der Waals surface area contributed by atoms with Crippen LogP contribution in [0.15, 0.2) is 12.2 Å². The van der Waals surface area contributed by atoms with Crippen LogP contribution in [-0.2, 0) is 19.0 Å². The van der Waals surface area contributed by atoms with Crippen LogP contribution in [0.3, 0.4) is 0 Å². The molecule has 3 saturated heterocycles. The zero-order valence-corrected chi connectivity index (χ0v) is 9.03. The Balaban J connectivity index is 0.000000183. The summed E-state index contributed by atoms with van der Waals surface area (Å²) in [5.41, 5.74) is 0.176. The van der Waals surface area contributed by atoms with Crippen molar-refractivity contribution in [1.82, 2.24) is 0 Å². The lowest BCUT2D eigenvalue weighted by Gasteiger charge is -1.79. The molecule has 1 N–H and O–H groups in total. The summed E-state index contributed by atoms with van der Waals surface area (Å²) in [6.45, 7) is 10.6. The van der Waals surface area contributed by atoms with Crippen molar-refractivity contribution in [3.05, 3.63) is 12.2 Å². The molecule has 88 valence electrons. The Morgan fingerprint density at radius 1 is 1.00 bits per heavy atom. The Morgan fingerprint density at radius 3 is 1.13 bits per heavy atom. The number of carboxylic acid groups (broad SMARTS) is 1. The minimum absolute atomic E-state index is 0.176. The van der Waals surface area contributed by atoms with E-state index in [0.717, 1.165) is 39.6 Å². The van der Waals surface area contributed by atoms with Gasteiger partial charge in [-0.1, -0.05) is 6.58 Å². The molecule has 0 spiro atoms. The molecule has 0 unspecified atom stereocenters. The predicted octanol–water partition coefficient (Wildman–Crippen LogP) is 0.697. The van der Waals surface area contributed by atoms with E-state index in [1.54, 1.807) is 0 Å². The number of hydrogen-bond acceptors (Lipinski definition) is 4. The zero-order valence-electron chi connectivity index (χ0n) is 9.03. The van der Waals surface area contributed by atoms with Crippen molar-refractivity contribution in [1.29, 1.82) is 0 Å². The Hall–Kier alpha value is -0.910. The van der Waals surface area contributed by atoms with Crippen LogP contribution < -0.4 is 0 Å². The molecule has 3 heterocycles. The first kappa shape index (κ1) is 14.1. The molecule has 3 rings (SSSR count). The second kappa shape index (κ2) is 9.64. The van der Waals surface area contributed by atoms with E-state index in [2.05, 4.69) is 20.8 Å². The van der Waals surface area contributed by atoms with Gasteiger partial charge in [-0.05, 0) is 6.92 Å². The third kappa shape index (κ3) is 43.4. The van der Waals surface area contributed by atoms with E-state index >= 15 is 0 Å². The average molecular weight is 218 g/mol. The van der Waals surface area contributed by atoms with Crippen LogP contribution in [0.5, 0.6) is 0 Å². The number of ether oxygens (including phenoxy) is 3. The second-order valence-electron chi connectivity index (χ2n) is 2.92. The normalized spacial score (nSPS) is 17.4. The van der Waals surface area contributed by atoms with Gasteiger partial charge < -0.3 is 19.3 Å². The molecule has 3 aliphatic heterocycles. The fraction of sp³-hybridized carbons (Fsp3) is 0.700. The van der Waals surface area contributed by atoms with Crippen LogP contribution in [0.2, 0.25) is 0 Å². The van der Waals surface area contributed by atoms with Crippen LogP contribution in [0.4, 0.5) is 0 Å². The second-order valence-corrected chi connectivity index (χ2v) is 2.92. The average Bonchev–Trinajstić information content (AvgIpc) is 3.12. The van der Waals surface area contributed by atoms with Gasteiger partial charge in [0, 0.05) is 5.57 Å². The lowest BCUT2D eigenvalue weighted by atomic mass is 10.4. The summed E-state index contributed by atoms with van der Waals surface area (Å²) < 4.78 is 13.5. The lowest BCUT2D eigenvalue weighted by Crippen LogP contribution is -1.92. The molecule has 3 fully saturated rings. The van der Waals surface area contributed by atoms with Crippen molar-refractivity contribution >= 4 is 5.97 Å². The molecular weight excluding hydrogens is 200 g/mol. The molecule has 0 radical (unpaired) electrons. The molecule has 5 heteroatoms. The van der Waals surface area contributed by atoms with E-state index < -0.39 is 5.97 Å². The highest BCUT2D eigenvalue weighted by Crippen LogP contribution is 1.85. The van der Waals surface area contributed by atoms with Crippen LogP contribution in [0.25, 0.3) is 0 Å². The minimum Gasteiger partial charge on any atom is -0.478 e. The molecule has 3 aliphatic rings. The predicted molar refractivity (Wildman–Crippen MR) is 54.9 cm³/mol. The maximum absolute atomic E-state index is 9.60. The first-order valence-electron chi connectivity index (χ1n) is 4.76. The third-order valence-corrected chi connectivity index (χ3v) is 0.977. The zero-order chi connectivity index (χ0) is 11.5. The molecule has 15 heavy (non-hydrogen) atoms. The van der Waals surface area contributed by atoms with Gasteiger partial charge in [-0.2, -0.15) is 0 Å². The molecule has 0 saturated carbocycles. The van der Waals surface area contributed by atoms with Gasteiger partial charge in [0.05, 0.1) is 39.6 Å². The molecular formula is C10H18O5. The first-order valence-corrected chi connectivity index (χ1v) is 4.76. The smallest absolute Gasteiger partial charge is 0.330 e. The van der Waals surface area contributed by atoms with Gasteiger partial charge in [-0.25, -0.2) is 4.79 Å². The van der Waals surface area contributed by atoms with Crippen LogP contribution >= 0.6 is 0 Å². The number of carbonyl (C=O) groups is 1. The first-order chi connectivity index (χ1) is 7.14. The molecule has 0 atom stereocenters. The van der Waals surface area contributed by atoms with E-state index in [-0.39, 0.29) is 5.57 Å². The highest BCUT2D eigenvalue weighted by atomic mass is 16.6. The van der Waals surface area contributed by atoms with E-state index in [0.29, 0.717) is 0 Å². The van der Waals surface area contributed by atoms with Gasteiger partial charge in [0.1, 0.15) is 0 Å². The summed E-state index contributed by atoms with van der Waals surface area (Å²) in [5, 5.41) is 7.89. The summed E-state index contributed by atoms with van der Waals surface area (Å²) in [5.74, 6) is -0.935. The summed E-state index contributed by atoms with van der Waals surface area (Å²) in [4.78, 5) is 9.60. The quantitative estimate of drug-likeness (QED) is 0.518. The van der Waals surface area contributed by atoms with Gasteiger partial charge in [0.2, 0.25) is 0 Å². The van der Waals surface area contributed by atoms with E-state index in [9.17, 15) is 4.79 Å². The molecule has 0 amide bonds. The summed E-state index contributed by atoms with van der Waals surface area (Å²) in [7, 11) is 0. The van der Waals surface area contributed by atoms with Crippen LogP contribution in [0.1, 0.15) is 6.92 Å². The molecule has 5 nitrogen and oxygen atoms in total. The van der Waals surface area contributed by atoms with E-state index in [4.69, 9.17) is 5.11 Å². The molecule has 0 aromatic carbocycles. The Morgan fingerprint density at radius 2 is 1.13 bits per heavy atom. The molecule has 0 bridgehead atoms. The third-order valence-electron chi connectivity index (χ3n) is 0.977. The highest BCUT2D eigenvalue weighted by Gasteiger charge is 1.94. The standard InChI is InChI=1S/C4H6O2.3C2H4O/c1-3(2)4(5)6;3*1-2-3-1/h1H2,2H3,(H,5,6);3*1-2H2. The van der Waals surface area contributed by atoms with Crippen molar-refractivity contribution < 1.29 is 24.1 Å². The van der Waals surface area contributed by atoms with E-state index in [1.807, 2.05) is 0 Å². The lowest BCUT2D eigenvalue weighted by molar-refractivity contribution is -0.132. The largest absolute Gasteiger partial charge is 0.478 e. The van der Waals surface area contributed by atoms with Gasteiger partial charge in [-0.15, -0.1) is 0 Å². The van der Waals surface area contributed by atoms with Crippen LogP contribution in [-0.4, -0.2) is 50.7 Å². The van der Waals surface area contributed by atoms with Gasteiger partial charge in [-0.3, -0.25) is 0 Å². The van der Waals surface area contributed by atoms with Gasteiger partial charge >= 0.3 is 5.97 Å². The van der Waals surface area contributed by atoms with Crippen molar-refractivity contribution in [2.45, 2.75) is 6.92 Å². The van der Waals surface area contributed by atoms with Crippen molar-refractivity contribution in [2.75, 3.05) is 39.6 Å². The number of aliphatic carboxylic acids is 1. The Bertz CT molecular complexity index is 150. The summed E-state index contributed by atoms with van der Waals surface area (Å²) in [6, 6.07) is 0. The summed E-state index contributed by atoms with van der Waals surface area (Å²) >= 11 is 0. The highest BCUT2D eigenvalue weighted by molar-refractivity contribution is 5.84. The van der Waals surface area contributed by atoms with Crippen molar-refractivity contribution in [3.8, 4) is 0 Å². The van der Waals surface area contributed by atoms with Crippen LogP contribution in [0, 0.1) is 0 Å². The maximum Gasteiger partial charge on any atom is 0.330 e. The number of epoxide rings is 3. The topological polar surface area (TPSA) is 74.9 Å². The minimum atomic E-state index is -0.935. The maximum atomic E-state index is 9.60. The van der Waals surface area contributed by atoms with E-state index in [1.165, 1.54) is 6.92 Å². The Kier molecular flexibility index (Phi) is 9.05. The van der Waals surface area contributed by atoms with Gasteiger partial charge in [0.25, 0.3) is 0 Å². The molecule has 0 aliphatic carbocycles. The monoisotopic (exact) mass is 218 g/mol. The van der Waals surface area contributed by atoms with Crippen molar-refractivity contribution in [2.24, 2.45) is 0 Å². The number of rotatable bonds is 1.